The van der Waals surface area contributed by atoms with E-state index in [1.54, 1.807) is 6.20 Å². The van der Waals surface area contributed by atoms with Crippen LogP contribution in [0.4, 0.5) is 0 Å². The Kier molecular flexibility index (Phi) is 3.54. The first-order valence-electron chi connectivity index (χ1n) is 7.58. The zero-order valence-corrected chi connectivity index (χ0v) is 12.3. The van der Waals surface area contributed by atoms with Crippen LogP contribution in [-0.2, 0) is 16.1 Å². The third kappa shape index (κ3) is 2.59. The molecule has 5 heteroatoms. The maximum atomic E-state index is 12.6. The lowest BCUT2D eigenvalue weighted by molar-refractivity contribution is -0.153. The van der Waals surface area contributed by atoms with Gasteiger partial charge in [0.25, 0.3) is 0 Å². The first kappa shape index (κ1) is 13.6. The van der Waals surface area contributed by atoms with E-state index < -0.39 is 5.54 Å². The maximum absolute atomic E-state index is 12.6. The molecule has 1 aromatic rings. The van der Waals surface area contributed by atoms with E-state index in [-0.39, 0.29) is 5.97 Å². The molecule has 2 aliphatic carbocycles. The molecule has 2 saturated carbocycles. The van der Waals surface area contributed by atoms with Crippen molar-refractivity contribution in [2.24, 2.45) is 5.92 Å². The molecular formula is C15H23N3O2. The number of aromatic nitrogens is 2. The van der Waals surface area contributed by atoms with E-state index in [4.69, 9.17) is 4.74 Å². The minimum Gasteiger partial charge on any atom is -0.465 e. The van der Waals surface area contributed by atoms with Crippen molar-refractivity contribution >= 4 is 5.97 Å². The predicted octanol–water partition coefficient (Wildman–Crippen LogP) is 1.66. The van der Waals surface area contributed by atoms with Gasteiger partial charge >= 0.3 is 5.97 Å². The summed E-state index contributed by atoms with van der Waals surface area (Å²) in [7, 11) is 0. The fourth-order valence-corrected chi connectivity index (χ4v) is 2.85. The van der Waals surface area contributed by atoms with Crippen LogP contribution in [0, 0.1) is 12.8 Å². The van der Waals surface area contributed by atoms with Crippen molar-refractivity contribution in [1.82, 2.24) is 14.9 Å². The Morgan fingerprint density at radius 1 is 1.50 bits per heavy atom. The molecule has 0 aromatic carbocycles. The van der Waals surface area contributed by atoms with E-state index in [9.17, 15) is 4.79 Å². The van der Waals surface area contributed by atoms with Gasteiger partial charge in [0.05, 0.1) is 13.2 Å². The Morgan fingerprint density at radius 3 is 2.75 bits per heavy atom. The highest BCUT2D eigenvalue weighted by molar-refractivity contribution is 5.82. The van der Waals surface area contributed by atoms with Crippen LogP contribution < -0.4 is 5.32 Å². The Bertz CT molecular complexity index is 491. The molecule has 1 atom stereocenters. The van der Waals surface area contributed by atoms with Crippen molar-refractivity contribution in [1.29, 1.82) is 0 Å². The molecule has 3 rings (SSSR count). The fourth-order valence-electron chi connectivity index (χ4n) is 2.85. The number of ether oxygens (including phenoxy) is 1. The minimum atomic E-state index is -0.567. The number of nitrogens with zero attached hydrogens (tertiary/aromatic N) is 2. The third-order valence-electron chi connectivity index (χ3n) is 4.30. The van der Waals surface area contributed by atoms with Crippen molar-refractivity contribution in [3.8, 4) is 0 Å². The summed E-state index contributed by atoms with van der Waals surface area (Å²) in [5, 5.41) is 3.59. The van der Waals surface area contributed by atoms with Crippen molar-refractivity contribution < 1.29 is 9.53 Å². The van der Waals surface area contributed by atoms with Gasteiger partial charge in [-0.05, 0) is 45.4 Å². The van der Waals surface area contributed by atoms with E-state index in [0.717, 1.165) is 31.5 Å². The van der Waals surface area contributed by atoms with Crippen molar-refractivity contribution in [3.63, 3.8) is 0 Å². The average molecular weight is 277 g/mol. The fraction of sp³-hybridized carbons (Fsp3) is 0.733. The number of aryl methyl sites for hydroxylation is 1. The molecule has 1 heterocycles. The molecular weight excluding hydrogens is 254 g/mol. The van der Waals surface area contributed by atoms with Crippen LogP contribution >= 0.6 is 0 Å². The predicted molar refractivity (Wildman–Crippen MR) is 75.2 cm³/mol. The molecule has 0 aliphatic heterocycles. The third-order valence-corrected chi connectivity index (χ3v) is 4.30. The molecule has 1 N–H and O–H groups in total. The van der Waals surface area contributed by atoms with Gasteiger partial charge in [0.1, 0.15) is 11.4 Å². The number of carbonyl (C=O) groups is 1. The smallest absolute Gasteiger partial charge is 0.328 e. The molecule has 0 spiro atoms. The monoisotopic (exact) mass is 277 g/mol. The van der Waals surface area contributed by atoms with Gasteiger partial charge < -0.3 is 9.30 Å². The van der Waals surface area contributed by atoms with Gasteiger partial charge in [0, 0.05) is 18.4 Å². The van der Waals surface area contributed by atoms with Gasteiger partial charge in [-0.3, -0.25) is 5.32 Å². The largest absolute Gasteiger partial charge is 0.465 e. The van der Waals surface area contributed by atoms with Crippen molar-refractivity contribution in [2.75, 3.05) is 6.61 Å². The molecule has 2 fully saturated rings. The van der Waals surface area contributed by atoms with Crippen LogP contribution in [-0.4, -0.2) is 33.7 Å². The lowest BCUT2D eigenvalue weighted by atomic mass is 9.92. The summed E-state index contributed by atoms with van der Waals surface area (Å²) in [6.07, 6.45) is 8.27. The van der Waals surface area contributed by atoms with Gasteiger partial charge in [0.15, 0.2) is 0 Å². The summed E-state index contributed by atoms with van der Waals surface area (Å²) in [4.78, 5) is 16.9. The molecule has 5 nitrogen and oxygen atoms in total. The van der Waals surface area contributed by atoms with Gasteiger partial charge in [-0.2, -0.15) is 0 Å². The molecule has 0 amide bonds. The van der Waals surface area contributed by atoms with Crippen LogP contribution in [0.2, 0.25) is 0 Å². The summed E-state index contributed by atoms with van der Waals surface area (Å²) >= 11 is 0. The van der Waals surface area contributed by atoms with E-state index in [0.29, 0.717) is 25.1 Å². The molecule has 1 unspecified atom stereocenters. The van der Waals surface area contributed by atoms with Crippen LogP contribution in [0.15, 0.2) is 12.4 Å². The summed E-state index contributed by atoms with van der Waals surface area (Å²) in [6, 6.07) is 0.476. The second kappa shape index (κ2) is 5.20. The summed E-state index contributed by atoms with van der Waals surface area (Å²) in [5.41, 5.74) is -0.567. The molecule has 0 radical (unpaired) electrons. The van der Waals surface area contributed by atoms with Gasteiger partial charge in [-0.15, -0.1) is 0 Å². The zero-order chi connectivity index (χ0) is 14.2. The van der Waals surface area contributed by atoms with Gasteiger partial charge in [0.2, 0.25) is 0 Å². The average Bonchev–Trinajstić information content (AvgIpc) is 3.31. The van der Waals surface area contributed by atoms with Gasteiger partial charge in [-0.1, -0.05) is 0 Å². The second-order valence-electron chi connectivity index (χ2n) is 5.99. The lowest BCUT2D eigenvalue weighted by Crippen LogP contribution is -2.58. The number of nitrogens with one attached hydrogen (secondary N) is 1. The minimum absolute atomic E-state index is 0.0949. The maximum Gasteiger partial charge on any atom is 0.328 e. The van der Waals surface area contributed by atoms with Crippen molar-refractivity contribution in [2.45, 2.75) is 57.7 Å². The van der Waals surface area contributed by atoms with Crippen molar-refractivity contribution in [3.05, 3.63) is 18.2 Å². The topological polar surface area (TPSA) is 56.2 Å². The van der Waals surface area contributed by atoms with E-state index in [1.807, 2.05) is 20.0 Å². The molecule has 0 saturated heterocycles. The highest BCUT2D eigenvalue weighted by Crippen LogP contribution is 2.43. The Balaban J connectivity index is 1.87. The Hall–Kier alpha value is -1.36. The number of imidazole rings is 1. The molecule has 2 aliphatic rings. The number of rotatable bonds is 7. The summed E-state index contributed by atoms with van der Waals surface area (Å²) in [5.74, 6) is 1.24. The normalized spacial score (nSPS) is 21.5. The lowest BCUT2D eigenvalue weighted by Gasteiger charge is -2.33. The molecule has 20 heavy (non-hydrogen) atoms. The Labute approximate surface area is 119 Å². The van der Waals surface area contributed by atoms with Crippen LogP contribution in [0.1, 0.15) is 38.4 Å². The van der Waals surface area contributed by atoms with E-state index in [2.05, 4.69) is 14.9 Å². The number of carbonyl (C=O) groups excluding carboxylic acids is 1. The van der Waals surface area contributed by atoms with Crippen LogP contribution in [0.5, 0.6) is 0 Å². The van der Waals surface area contributed by atoms with E-state index >= 15 is 0 Å². The first-order chi connectivity index (χ1) is 9.65. The Morgan fingerprint density at radius 2 is 2.25 bits per heavy atom. The summed E-state index contributed by atoms with van der Waals surface area (Å²) in [6.45, 7) is 4.90. The first-order valence-corrected chi connectivity index (χ1v) is 7.58. The number of esters is 1. The van der Waals surface area contributed by atoms with Crippen LogP contribution in [0.3, 0.4) is 0 Å². The van der Waals surface area contributed by atoms with Gasteiger partial charge in [-0.25, -0.2) is 9.78 Å². The second-order valence-corrected chi connectivity index (χ2v) is 5.99. The number of hydrogen-bond donors (Lipinski definition) is 1. The SMILES string of the molecule is CCOC(=O)C(Cn1ccnc1C)(NC1CC1)C1CC1. The van der Waals surface area contributed by atoms with E-state index in [1.165, 1.54) is 0 Å². The molecule has 110 valence electrons. The zero-order valence-electron chi connectivity index (χ0n) is 12.3. The number of hydrogen-bond acceptors (Lipinski definition) is 4. The highest BCUT2D eigenvalue weighted by Gasteiger charge is 2.54. The molecule has 1 aromatic heterocycles. The summed E-state index contributed by atoms with van der Waals surface area (Å²) < 4.78 is 7.45. The molecule has 0 bridgehead atoms. The quantitative estimate of drug-likeness (QED) is 0.770. The highest BCUT2D eigenvalue weighted by atomic mass is 16.5. The van der Waals surface area contributed by atoms with Crippen LogP contribution in [0.25, 0.3) is 0 Å². The standard InChI is InChI=1S/C15H23N3O2/c1-3-20-14(19)15(12-4-5-12,17-13-6-7-13)10-18-9-8-16-11(18)2/h8-9,12-13,17H,3-7,10H2,1-2H3.